The van der Waals surface area contributed by atoms with E-state index in [1.54, 1.807) is 0 Å². The minimum atomic E-state index is -3.98. The molecule has 4 rings (SSSR count). The van der Waals surface area contributed by atoms with Crippen molar-refractivity contribution in [3.8, 4) is 11.1 Å². The second-order valence-electron chi connectivity index (χ2n) is 7.21. The van der Waals surface area contributed by atoms with Crippen molar-refractivity contribution < 1.29 is 25.6 Å². The third kappa shape index (κ3) is 4.59. The monoisotopic (exact) mass is 538 g/mol. The van der Waals surface area contributed by atoms with Gasteiger partial charge in [-0.15, -0.1) is 0 Å². The predicted octanol–water partition coefficient (Wildman–Crippen LogP) is 6.60. The molecule has 4 aromatic rings. The van der Waals surface area contributed by atoms with Gasteiger partial charge in [-0.3, -0.25) is 0 Å². The van der Waals surface area contributed by atoms with Gasteiger partial charge in [-0.2, -0.15) is 0 Å². The minimum Gasteiger partial charge on any atom is -0.218 e. The van der Waals surface area contributed by atoms with Gasteiger partial charge in [0.2, 0.25) is 19.7 Å². The fourth-order valence-corrected chi connectivity index (χ4v) is 6.87. The fraction of sp³-hybridized carbons (Fsp3) is 0. The molecule has 0 aliphatic heterocycles. The highest BCUT2D eigenvalue weighted by Gasteiger charge is 2.23. The highest BCUT2D eigenvalue weighted by Crippen LogP contribution is 2.35. The summed E-state index contributed by atoms with van der Waals surface area (Å²) >= 11 is 12.5. The molecule has 0 spiro atoms. The smallest absolute Gasteiger partial charge is 0.208 e. The summed E-state index contributed by atoms with van der Waals surface area (Å²) in [6.45, 7) is 0. The van der Waals surface area contributed by atoms with Crippen molar-refractivity contribution in [2.24, 2.45) is 0 Å². The molecule has 0 aliphatic carbocycles. The standard InChI is InChI=1S/C24H14Cl2F2O4S2/c25-21-13-15(1-11-23(21)33(29,30)19-7-3-17(27)4-8-19)16-2-12-24(22(26)14-16)34(31,32)20-9-5-18(28)6-10-20/h1-14H. The van der Waals surface area contributed by atoms with Gasteiger partial charge in [0, 0.05) is 0 Å². The van der Waals surface area contributed by atoms with Crippen molar-refractivity contribution in [2.45, 2.75) is 19.6 Å². The quantitative estimate of drug-likeness (QED) is 0.268. The van der Waals surface area contributed by atoms with Crippen molar-refractivity contribution in [3.63, 3.8) is 0 Å². The lowest BCUT2D eigenvalue weighted by molar-refractivity contribution is 0.593. The van der Waals surface area contributed by atoms with Crippen LogP contribution < -0.4 is 0 Å². The first kappa shape index (κ1) is 24.3. The molecule has 4 aromatic carbocycles. The first-order valence-corrected chi connectivity index (χ1v) is 13.3. The Hall–Kier alpha value is -2.78. The lowest BCUT2D eigenvalue weighted by atomic mass is 10.1. The highest BCUT2D eigenvalue weighted by molar-refractivity contribution is 7.92. The molecular formula is C24H14Cl2F2O4S2. The van der Waals surface area contributed by atoms with Crippen molar-refractivity contribution in [1.29, 1.82) is 0 Å². The van der Waals surface area contributed by atoms with E-state index in [0.29, 0.717) is 11.1 Å². The predicted molar refractivity (Wildman–Crippen MR) is 126 cm³/mol. The van der Waals surface area contributed by atoms with E-state index in [-0.39, 0.29) is 29.6 Å². The van der Waals surface area contributed by atoms with E-state index in [4.69, 9.17) is 23.2 Å². The van der Waals surface area contributed by atoms with Crippen molar-refractivity contribution in [1.82, 2.24) is 0 Å². The Labute approximate surface area is 205 Å². The summed E-state index contributed by atoms with van der Waals surface area (Å²) in [6.07, 6.45) is 0. The van der Waals surface area contributed by atoms with E-state index >= 15 is 0 Å². The Bertz CT molecular complexity index is 1480. The maximum absolute atomic E-state index is 13.2. The Balaban J connectivity index is 1.69. The average molecular weight is 539 g/mol. The number of rotatable bonds is 5. The molecule has 0 saturated heterocycles. The Morgan fingerprint density at radius 2 is 0.824 bits per heavy atom. The molecule has 0 N–H and O–H groups in total. The van der Waals surface area contributed by atoms with Crippen LogP contribution in [0.25, 0.3) is 11.1 Å². The van der Waals surface area contributed by atoms with Crippen LogP contribution in [-0.2, 0) is 19.7 Å². The van der Waals surface area contributed by atoms with Gasteiger partial charge in [0.1, 0.15) is 11.6 Å². The molecule has 34 heavy (non-hydrogen) atoms. The van der Waals surface area contributed by atoms with E-state index in [2.05, 4.69) is 0 Å². The lowest BCUT2D eigenvalue weighted by Crippen LogP contribution is -2.04. The molecule has 10 heteroatoms. The van der Waals surface area contributed by atoms with Gasteiger partial charge in [-0.25, -0.2) is 25.6 Å². The lowest BCUT2D eigenvalue weighted by Gasteiger charge is -2.11. The van der Waals surface area contributed by atoms with Gasteiger partial charge in [-0.1, -0.05) is 35.3 Å². The summed E-state index contributed by atoms with van der Waals surface area (Å²) in [6, 6.07) is 17.2. The molecule has 0 aliphatic rings. The maximum atomic E-state index is 13.2. The van der Waals surface area contributed by atoms with Gasteiger partial charge in [-0.05, 0) is 83.9 Å². The van der Waals surface area contributed by atoms with Crippen LogP contribution in [0.5, 0.6) is 0 Å². The largest absolute Gasteiger partial charge is 0.218 e. The van der Waals surface area contributed by atoms with Crippen molar-refractivity contribution in [3.05, 3.63) is 107 Å². The molecule has 0 unspecified atom stereocenters. The topological polar surface area (TPSA) is 68.3 Å². The molecule has 0 bridgehead atoms. The second-order valence-corrected chi connectivity index (χ2v) is 11.9. The normalized spacial score (nSPS) is 12.0. The van der Waals surface area contributed by atoms with Gasteiger partial charge in [0.15, 0.2) is 0 Å². The molecule has 0 fully saturated rings. The molecule has 0 heterocycles. The molecule has 174 valence electrons. The fourth-order valence-electron chi connectivity index (χ4n) is 3.28. The first-order valence-electron chi connectivity index (χ1n) is 9.61. The van der Waals surface area contributed by atoms with E-state index in [1.807, 2.05) is 0 Å². The average Bonchev–Trinajstić information content (AvgIpc) is 2.79. The van der Waals surface area contributed by atoms with E-state index in [9.17, 15) is 25.6 Å². The number of benzene rings is 4. The molecule has 0 saturated carbocycles. The van der Waals surface area contributed by atoms with Crippen LogP contribution in [0.15, 0.2) is 105 Å². The van der Waals surface area contributed by atoms with Crippen LogP contribution >= 0.6 is 23.2 Å². The molecule has 0 radical (unpaired) electrons. The number of halogens is 4. The molecule has 0 aromatic heterocycles. The van der Waals surface area contributed by atoms with Crippen molar-refractivity contribution in [2.75, 3.05) is 0 Å². The van der Waals surface area contributed by atoms with Crippen molar-refractivity contribution >= 4 is 42.9 Å². The Morgan fingerprint density at radius 3 is 1.12 bits per heavy atom. The minimum absolute atomic E-state index is 0.0686. The van der Waals surface area contributed by atoms with Crippen LogP contribution in [0.3, 0.4) is 0 Å². The number of hydrogen-bond acceptors (Lipinski definition) is 4. The third-order valence-corrected chi connectivity index (χ3v) is 9.53. The van der Waals surface area contributed by atoms with Crippen LogP contribution in [0.4, 0.5) is 8.78 Å². The summed E-state index contributed by atoms with van der Waals surface area (Å²) < 4.78 is 77.8. The molecule has 4 nitrogen and oxygen atoms in total. The van der Waals surface area contributed by atoms with E-state index in [1.165, 1.54) is 36.4 Å². The summed E-state index contributed by atoms with van der Waals surface area (Å²) in [5.41, 5.74) is 0.992. The summed E-state index contributed by atoms with van der Waals surface area (Å²) in [5.74, 6) is -1.13. The van der Waals surface area contributed by atoms with Gasteiger partial charge in [0.05, 0.1) is 29.6 Å². The molecule has 0 amide bonds. The van der Waals surface area contributed by atoms with E-state index < -0.39 is 31.3 Å². The van der Waals surface area contributed by atoms with Crippen LogP contribution in [0.2, 0.25) is 10.0 Å². The Morgan fingerprint density at radius 1 is 0.500 bits per heavy atom. The zero-order valence-corrected chi connectivity index (χ0v) is 20.2. The maximum Gasteiger partial charge on any atom is 0.208 e. The highest BCUT2D eigenvalue weighted by atomic mass is 35.5. The Kier molecular flexibility index (Phi) is 6.52. The SMILES string of the molecule is O=S(=O)(c1ccc(F)cc1)c1ccc(-c2ccc(S(=O)(=O)c3ccc(F)cc3)c(Cl)c2)cc1Cl. The second kappa shape index (κ2) is 9.11. The van der Waals surface area contributed by atoms with Crippen LogP contribution in [0.1, 0.15) is 0 Å². The van der Waals surface area contributed by atoms with Crippen LogP contribution in [0, 0.1) is 11.6 Å². The van der Waals surface area contributed by atoms with Gasteiger partial charge >= 0.3 is 0 Å². The first-order chi connectivity index (χ1) is 16.0. The third-order valence-electron chi connectivity index (χ3n) is 5.02. The van der Waals surface area contributed by atoms with Crippen LogP contribution in [-0.4, -0.2) is 16.8 Å². The molecule has 0 atom stereocenters. The zero-order chi connectivity index (χ0) is 24.7. The summed E-state index contributed by atoms with van der Waals surface area (Å²) in [5, 5.41) is -0.137. The van der Waals surface area contributed by atoms with Gasteiger partial charge in [0.25, 0.3) is 0 Å². The number of sulfone groups is 2. The summed E-state index contributed by atoms with van der Waals surface area (Å²) in [4.78, 5) is -0.541. The molecular weight excluding hydrogens is 525 g/mol. The zero-order valence-electron chi connectivity index (χ0n) is 17.0. The number of hydrogen-bond donors (Lipinski definition) is 0. The van der Waals surface area contributed by atoms with Gasteiger partial charge < -0.3 is 0 Å². The summed E-state index contributed by atoms with van der Waals surface area (Å²) in [7, 11) is -7.97. The van der Waals surface area contributed by atoms with E-state index in [0.717, 1.165) is 48.5 Å².